The first-order valence-electron chi connectivity index (χ1n) is 5.36. The van der Waals surface area contributed by atoms with Gasteiger partial charge in [0.1, 0.15) is 11.6 Å². The monoisotopic (exact) mass is 342 g/mol. The van der Waals surface area contributed by atoms with Gasteiger partial charge in [-0.2, -0.15) is 0 Å². The van der Waals surface area contributed by atoms with Gasteiger partial charge in [-0.25, -0.2) is 9.37 Å². The number of amides is 1. The minimum atomic E-state index is -0.667. The van der Waals surface area contributed by atoms with Crippen LogP contribution in [-0.4, -0.2) is 10.9 Å². The third kappa shape index (κ3) is 3.30. The Bertz CT molecular complexity index is 649. The fraction of sp³-hybridized carbons (Fsp3) is 0.0769. The number of hydrogen-bond donors (Lipinski definition) is 1. The highest BCUT2D eigenvalue weighted by Crippen LogP contribution is 2.19. The number of carbonyl (C=O) groups excluding carboxylic acids is 1. The number of anilines is 1. The molecule has 0 aliphatic rings. The van der Waals surface area contributed by atoms with E-state index >= 15 is 0 Å². The summed E-state index contributed by atoms with van der Waals surface area (Å²) in [6, 6.07) is 5.70. The molecule has 0 radical (unpaired) electrons. The summed E-state index contributed by atoms with van der Waals surface area (Å²) in [5.41, 5.74) is 0.700. The Kier molecular flexibility index (Phi) is 4.17. The van der Waals surface area contributed by atoms with E-state index in [0.29, 0.717) is 5.82 Å². The zero-order valence-corrected chi connectivity index (χ0v) is 12.2. The van der Waals surface area contributed by atoms with Gasteiger partial charge in [0.05, 0.1) is 5.56 Å². The molecule has 6 heteroatoms. The largest absolute Gasteiger partial charge is 0.306 e. The van der Waals surface area contributed by atoms with Crippen molar-refractivity contribution in [1.82, 2.24) is 4.98 Å². The molecule has 0 aliphatic carbocycles. The molecule has 1 N–H and O–H groups in total. The van der Waals surface area contributed by atoms with Crippen LogP contribution >= 0.6 is 27.5 Å². The summed E-state index contributed by atoms with van der Waals surface area (Å²) in [6.07, 6.45) is 1.56. The van der Waals surface area contributed by atoms with E-state index < -0.39 is 11.7 Å². The van der Waals surface area contributed by atoms with Crippen molar-refractivity contribution >= 4 is 39.3 Å². The molecule has 0 spiro atoms. The number of hydrogen-bond acceptors (Lipinski definition) is 2. The van der Waals surface area contributed by atoms with Crippen LogP contribution in [0.15, 0.2) is 34.9 Å². The first-order chi connectivity index (χ1) is 8.97. The van der Waals surface area contributed by atoms with Crippen molar-refractivity contribution in [3.8, 4) is 0 Å². The molecule has 0 saturated heterocycles. The van der Waals surface area contributed by atoms with E-state index in [1.54, 1.807) is 19.2 Å². The Morgan fingerprint density at radius 2 is 2.16 bits per heavy atom. The van der Waals surface area contributed by atoms with Crippen molar-refractivity contribution in [1.29, 1.82) is 0 Å². The van der Waals surface area contributed by atoms with Crippen molar-refractivity contribution in [3.63, 3.8) is 0 Å². The number of benzene rings is 1. The Labute approximate surface area is 122 Å². The smallest absolute Gasteiger partial charge is 0.259 e. The van der Waals surface area contributed by atoms with E-state index in [2.05, 4.69) is 26.2 Å². The standard InChI is InChI=1S/C13H9BrClFN2O/c1-7-4-8(14)6-17-12(7)18-13(19)10-3-2-9(15)5-11(10)16/h2-6H,1H3,(H,17,18,19). The van der Waals surface area contributed by atoms with Crippen LogP contribution in [0.2, 0.25) is 5.02 Å². The number of carbonyl (C=O) groups is 1. The highest BCUT2D eigenvalue weighted by molar-refractivity contribution is 9.10. The molecule has 1 aromatic heterocycles. The fourth-order valence-electron chi connectivity index (χ4n) is 1.52. The van der Waals surface area contributed by atoms with Crippen molar-refractivity contribution in [2.45, 2.75) is 6.92 Å². The molecule has 1 amide bonds. The zero-order chi connectivity index (χ0) is 14.0. The van der Waals surface area contributed by atoms with Crippen LogP contribution in [0.3, 0.4) is 0 Å². The predicted molar refractivity (Wildman–Crippen MR) is 76.0 cm³/mol. The maximum atomic E-state index is 13.6. The maximum Gasteiger partial charge on any atom is 0.259 e. The highest BCUT2D eigenvalue weighted by Gasteiger charge is 2.13. The maximum absolute atomic E-state index is 13.6. The van der Waals surface area contributed by atoms with Crippen LogP contribution < -0.4 is 5.32 Å². The summed E-state index contributed by atoms with van der Waals surface area (Å²) in [7, 11) is 0. The topological polar surface area (TPSA) is 42.0 Å². The summed E-state index contributed by atoms with van der Waals surface area (Å²) < 4.78 is 14.4. The number of halogens is 3. The van der Waals surface area contributed by atoms with Gasteiger partial charge in [-0.05, 0) is 52.7 Å². The number of aryl methyl sites for hydroxylation is 1. The average molecular weight is 344 g/mol. The first kappa shape index (κ1) is 14.0. The van der Waals surface area contributed by atoms with Gasteiger partial charge in [-0.1, -0.05) is 11.6 Å². The first-order valence-corrected chi connectivity index (χ1v) is 6.53. The molecule has 0 unspecified atom stereocenters. The van der Waals surface area contributed by atoms with Crippen LogP contribution in [0, 0.1) is 12.7 Å². The van der Waals surface area contributed by atoms with Crippen molar-refractivity contribution < 1.29 is 9.18 Å². The molecular formula is C13H9BrClFN2O. The number of rotatable bonds is 2. The molecule has 1 aromatic carbocycles. The van der Waals surface area contributed by atoms with E-state index in [4.69, 9.17) is 11.6 Å². The molecule has 3 nitrogen and oxygen atoms in total. The number of aromatic nitrogens is 1. The van der Waals surface area contributed by atoms with Gasteiger partial charge in [0.15, 0.2) is 0 Å². The molecule has 0 bridgehead atoms. The second kappa shape index (κ2) is 5.67. The van der Waals surface area contributed by atoms with Gasteiger partial charge in [0.2, 0.25) is 0 Å². The number of pyridine rings is 1. The second-order valence-electron chi connectivity index (χ2n) is 3.90. The van der Waals surface area contributed by atoms with Crippen LogP contribution in [0.25, 0.3) is 0 Å². The van der Waals surface area contributed by atoms with E-state index in [9.17, 15) is 9.18 Å². The van der Waals surface area contributed by atoms with Gasteiger partial charge in [-0.15, -0.1) is 0 Å². The third-order valence-corrected chi connectivity index (χ3v) is 3.12. The van der Waals surface area contributed by atoms with Gasteiger partial charge < -0.3 is 5.32 Å². The van der Waals surface area contributed by atoms with Gasteiger partial charge >= 0.3 is 0 Å². The Balaban J connectivity index is 2.25. The van der Waals surface area contributed by atoms with Crippen LogP contribution in [0.5, 0.6) is 0 Å². The zero-order valence-electron chi connectivity index (χ0n) is 9.88. The lowest BCUT2D eigenvalue weighted by Crippen LogP contribution is -2.15. The van der Waals surface area contributed by atoms with E-state index in [1.165, 1.54) is 12.1 Å². The normalized spacial score (nSPS) is 10.3. The average Bonchev–Trinajstić information content (AvgIpc) is 2.32. The molecule has 2 rings (SSSR count). The summed E-state index contributed by atoms with van der Waals surface area (Å²) in [4.78, 5) is 16.0. The SMILES string of the molecule is Cc1cc(Br)cnc1NC(=O)c1ccc(Cl)cc1F. The quantitative estimate of drug-likeness (QED) is 0.888. The molecule has 0 saturated carbocycles. The molecule has 0 fully saturated rings. The van der Waals surface area contributed by atoms with E-state index in [-0.39, 0.29) is 10.6 Å². The number of nitrogens with zero attached hydrogens (tertiary/aromatic N) is 1. The lowest BCUT2D eigenvalue weighted by atomic mass is 10.2. The van der Waals surface area contributed by atoms with Gasteiger partial charge in [-0.3, -0.25) is 4.79 Å². The van der Waals surface area contributed by atoms with Crippen molar-refractivity contribution in [2.24, 2.45) is 0 Å². The van der Waals surface area contributed by atoms with E-state index in [1.807, 2.05) is 0 Å². The predicted octanol–water partition coefficient (Wildman–Crippen LogP) is 4.20. The molecule has 98 valence electrons. The summed E-state index contributed by atoms with van der Waals surface area (Å²) in [6.45, 7) is 1.80. The highest BCUT2D eigenvalue weighted by atomic mass is 79.9. The molecule has 0 atom stereocenters. The summed E-state index contributed by atoms with van der Waals surface area (Å²) >= 11 is 8.91. The third-order valence-electron chi connectivity index (χ3n) is 2.45. The molecule has 19 heavy (non-hydrogen) atoms. The van der Waals surface area contributed by atoms with Gasteiger partial charge in [0.25, 0.3) is 5.91 Å². The lowest BCUT2D eigenvalue weighted by Gasteiger charge is -2.08. The Morgan fingerprint density at radius 1 is 1.42 bits per heavy atom. The van der Waals surface area contributed by atoms with Crippen LogP contribution in [0.4, 0.5) is 10.2 Å². The lowest BCUT2D eigenvalue weighted by molar-refractivity contribution is 0.102. The molecule has 1 heterocycles. The van der Waals surface area contributed by atoms with Crippen LogP contribution in [0.1, 0.15) is 15.9 Å². The van der Waals surface area contributed by atoms with E-state index in [0.717, 1.165) is 16.1 Å². The summed E-state index contributed by atoms with van der Waals surface area (Å²) in [5, 5.41) is 2.80. The second-order valence-corrected chi connectivity index (χ2v) is 5.25. The Hall–Kier alpha value is -1.46. The van der Waals surface area contributed by atoms with Crippen molar-refractivity contribution in [3.05, 3.63) is 56.9 Å². The summed E-state index contributed by atoms with van der Waals surface area (Å²) in [5.74, 6) is -0.839. The minimum absolute atomic E-state index is 0.0754. The van der Waals surface area contributed by atoms with Gasteiger partial charge in [0, 0.05) is 15.7 Å². The van der Waals surface area contributed by atoms with Crippen molar-refractivity contribution in [2.75, 3.05) is 5.32 Å². The van der Waals surface area contributed by atoms with Crippen LogP contribution in [-0.2, 0) is 0 Å². The molecule has 0 aliphatic heterocycles. The Morgan fingerprint density at radius 3 is 2.79 bits per heavy atom. The number of nitrogens with one attached hydrogen (secondary N) is 1. The minimum Gasteiger partial charge on any atom is -0.306 e. The molecular weight excluding hydrogens is 335 g/mol. The molecule has 2 aromatic rings. The fourth-order valence-corrected chi connectivity index (χ4v) is 2.12.